The van der Waals surface area contributed by atoms with Crippen LogP contribution in [0.15, 0.2) is 53.4 Å². The van der Waals surface area contributed by atoms with Crippen LogP contribution in [0.2, 0.25) is 6.82 Å². The molecule has 0 spiro atoms. The van der Waals surface area contributed by atoms with Gasteiger partial charge >= 0.3 is 6.18 Å². The molecule has 0 atom stereocenters. The fourth-order valence-corrected chi connectivity index (χ4v) is 6.85. The van der Waals surface area contributed by atoms with Gasteiger partial charge in [0.25, 0.3) is 10.0 Å². The number of benzene rings is 2. The lowest BCUT2D eigenvalue weighted by atomic mass is 9.74. The van der Waals surface area contributed by atoms with E-state index in [1.807, 2.05) is 25.0 Å². The summed E-state index contributed by atoms with van der Waals surface area (Å²) in [7, 11) is -3.32. The molecular formula is C23H27BF3NO3S2. The number of anilines is 1. The van der Waals surface area contributed by atoms with Crippen LogP contribution >= 0.6 is 11.3 Å². The van der Waals surface area contributed by atoms with E-state index in [0.717, 1.165) is 22.8 Å². The third-order valence-electron chi connectivity index (χ3n) is 5.41. The normalized spacial score (nSPS) is 12.8. The van der Waals surface area contributed by atoms with Crippen molar-refractivity contribution in [2.24, 2.45) is 0 Å². The van der Waals surface area contributed by atoms with Crippen LogP contribution in [0.5, 0.6) is 0 Å². The number of alkyl halides is 3. The Labute approximate surface area is 197 Å². The van der Waals surface area contributed by atoms with Crippen molar-refractivity contribution < 1.29 is 26.7 Å². The quantitative estimate of drug-likeness (QED) is 0.328. The van der Waals surface area contributed by atoms with E-state index in [-0.39, 0.29) is 24.3 Å². The number of nitrogens with zero attached hydrogens (tertiary/aromatic N) is 1. The highest BCUT2D eigenvalue weighted by Gasteiger charge is 2.34. The topological polar surface area (TPSA) is 57.6 Å². The predicted molar refractivity (Wildman–Crippen MR) is 131 cm³/mol. The molecule has 0 saturated carbocycles. The van der Waals surface area contributed by atoms with Gasteiger partial charge in [-0.3, -0.25) is 4.31 Å². The van der Waals surface area contributed by atoms with Crippen molar-refractivity contribution in [2.75, 3.05) is 10.8 Å². The minimum atomic E-state index is -4.30. The van der Waals surface area contributed by atoms with Gasteiger partial charge in [-0.1, -0.05) is 42.6 Å². The molecule has 4 nitrogen and oxygen atoms in total. The maximum absolute atomic E-state index is 13.7. The SMILES string of the molecule is CBc1ccc(S(=O)(=O)N(CCCCC(F)(F)F)c2sc3ccccc3c2C(C)(C)O)cc1. The number of thiophene rings is 1. The molecule has 2 aromatic carbocycles. The zero-order valence-electron chi connectivity index (χ0n) is 18.8. The lowest BCUT2D eigenvalue weighted by Crippen LogP contribution is -2.34. The number of rotatable bonds is 9. The van der Waals surface area contributed by atoms with Gasteiger partial charge in [0, 0.05) is 28.6 Å². The molecule has 0 aliphatic heterocycles. The van der Waals surface area contributed by atoms with Gasteiger partial charge in [-0.2, -0.15) is 13.2 Å². The number of hydrogen-bond donors (Lipinski definition) is 1. The smallest absolute Gasteiger partial charge is 0.386 e. The molecule has 1 aromatic heterocycles. The first-order valence-electron chi connectivity index (χ1n) is 10.8. The van der Waals surface area contributed by atoms with Gasteiger partial charge < -0.3 is 5.11 Å². The summed E-state index contributed by atoms with van der Waals surface area (Å²) in [6.07, 6.45) is -5.43. The lowest BCUT2D eigenvalue weighted by molar-refractivity contribution is -0.135. The molecule has 0 amide bonds. The number of halogens is 3. The Morgan fingerprint density at radius 3 is 2.24 bits per heavy atom. The number of aliphatic hydroxyl groups is 1. The second kappa shape index (κ2) is 9.68. The molecule has 178 valence electrons. The van der Waals surface area contributed by atoms with Gasteiger partial charge in [0.05, 0.1) is 10.5 Å². The molecule has 0 aliphatic rings. The Kier molecular flexibility index (Phi) is 7.50. The van der Waals surface area contributed by atoms with E-state index in [0.29, 0.717) is 10.6 Å². The standard InChI is InChI=1S/C23H27BF3NO3S2/c1-22(2,29)20-18-8-4-5-9-19(18)32-21(20)28(15-7-6-14-23(25,26)27)33(30,31)17-12-10-16(24-3)11-13-17/h4-5,8-13,24,29H,6-7,14-15H2,1-3H3. The Morgan fingerprint density at radius 2 is 1.67 bits per heavy atom. The highest BCUT2D eigenvalue weighted by Crippen LogP contribution is 2.45. The fourth-order valence-electron chi connectivity index (χ4n) is 3.74. The third kappa shape index (κ3) is 5.91. The molecule has 0 radical (unpaired) electrons. The minimum Gasteiger partial charge on any atom is -0.386 e. The van der Waals surface area contributed by atoms with E-state index in [1.165, 1.54) is 27.8 Å². The summed E-state index contributed by atoms with van der Waals surface area (Å²) in [5, 5.41) is 12.0. The van der Waals surface area contributed by atoms with Crippen LogP contribution in [-0.4, -0.2) is 33.5 Å². The van der Waals surface area contributed by atoms with Crippen LogP contribution in [0.1, 0.15) is 38.7 Å². The highest BCUT2D eigenvalue weighted by atomic mass is 32.2. The summed E-state index contributed by atoms with van der Waals surface area (Å²) in [5.41, 5.74) is 0.0678. The number of sulfonamides is 1. The maximum Gasteiger partial charge on any atom is 0.389 e. The van der Waals surface area contributed by atoms with E-state index < -0.39 is 28.2 Å². The molecule has 33 heavy (non-hydrogen) atoms. The van der Waals surface area contributed by atoms with Gasteiger partial charge in [-0.05, 0) is 44.9 Å². The molecule has 0 fully saturated rings. The summed E-state index contributed by atoms with van der Waals surface area (Å²) in [6.45, 7) is 5.00. The summed E-state index contributed by atoms with van der Waals surface area (Å²) in [6, 6.07) is 13.8. The first-order valence-corrected chi connectivity index (χ1v) is 13.0. The van der Waals surface area contributed by atoms with Gasteiger partial charge in [0.1, 0.15) is 5.00 Å². The van der Waals surface area contributed by atoms with Crippen LogP contribution in [0, 0.1) is 0 Å². The van der Waals surface area contributed by atoms with Gasteiger partial charge in [-0.15, -0.1) is 11.3 Å². The van der Waals surface area contributed by atoms with Gasteiger partial charge in [0.15, 0.2) is 7.28 Å². The highest BCUT2D eigenvalue weighted by molar-refractivity contribution is 7.93. The molecule has 0 bridgehead atoms. The number of fused-ring (bicyclic) bond motifs is 1. The van der Waals surface area contributed by atoms with Crippen LogP contribution in [0.25, 0.3) is 10.1 Å². The first-order chi connectivity index (χ1) is 15.3. The second-order valence-corrected chi connectivity index (χ2v) is 11.4. The molecule has 3 aromatic rings. The van der Waals surface area contributed by atoms with Crippen molar-refractivity contribution in [2.45, 2.75) is 56.6 Å². The molecule has 3 rings (SSSR count). The Hall–Kier alpha value is -2.04. The molecule has 10 heteroatoms. The lowest BCUT2D eigenvalue weighted by Gasteiger charge is -2.28. The average Bonchev–Trinajstić information content (AvgIpc) is 3.12. The predicted octanol–water partition coefficient (Wildman–Crippen LogP) is 5.17. The monoisotopic (exact) mass is 497 g/mol. The van der Waals surface area contributed by atoms with Crippen LogP contribution in [0.3, 0.4) is 0 Å². The van der Waals surface area contributed by atoms with E-state index in [9.17, 15) is 26.7 Å². The van der Waals surface area contributed by atoms with Gasteiger partial charge in [0.2, 0.25) is 0 Å². The minimum absolute atomic E-state index is 0.0331. The second-order valence-electron chi connectivity index (χ2n) is 8.48. The van der Waals surface area contributed by atoms with Crippen LogP contribution in [0.4, 0.5) is 18.2 Å². The zero-order valence-corrected chi connectivity index (χ0v) is 20.4. The Morgan fingerprint density at radius 1 is 1.03 bits per heavy atom. The van der Waals surface area contributed by atoms with Crippen LogP contribution in [-0.2, 0) is 15.6 Å². The largest absolute Gasteiger partial charge is 0.389 e. The van der Waals surface area contributed by atoms with Crippen LogP contribution < -0.4 is 9.77 Å². The zero-order chi connectivity index (χ0) is 24.4. The summed E-state index contributed by atoms with van der Waals surface area (Å²) >= 11 is 1.22. The molecule has 0 aliphatic carbocycles. The Balaban J connectivity index is 2.11. The average molecular weight is 497 g/mol. The fraction of sp³-hybridized carbons (Fsp3) is 0.391. The van der Waals surface area contributed by atoms with Crippen molar-refractivity contribution in [3.8, 4) is 0 Å². The van der Waals surface area contributed by atoms with Gasteiger partial charge in [-0.25, -0.2) is 8.42 Å². The van der Waals surface area contributed by atoms with Crippen molar-refractivity contribution in [1.82, 2.24) is 0 Å². The summed E-state index contributed by atoms with van der Waals surface area (Å²) in [5.74, 6) is 0. The van der Waals surface area contributed by atoms with Crippen molar-refractivity contribution in [3.05, 3.63) is 54.1 Å². The molecule has 1 heterocycles. The molecular weight excluding hydrogens is 470 g/mol. The van der Waals surface area contributed by atoms with Crippen molar-refractivity contribution in [1.29, 1.82) is 0 Å². The van der Waals surface area contributed by atoms with Crippen molar-refractivity contribution in [3.63, 3.8) is 0 Å². The van der Waals surface area contributed by atoms with E-state index in [1.54, 1.807) is 32.0 Å². The van der Waals surface area contributed by atoms with E-state index in [4.69, 9.17) is 0 Å². The summed E-state index contributed by atoms with van der Waals surface area (Å²) < 4.78 is 67.4. The number of hydrogen-bond acceptors (Lipinski definition) is 4. The summed E-state index contributed by atoms with van der Waals surface area (Å²) in [4.78, 5) is 0.0645. The van der Waals surface area contributed by atoms with Crippen molar-refractivity contribution >= 4 is 49.2 Å². The Bertz CT molecular complexity index is 1200. The molecule has 1 N–H and O–H groups in total. The third-order valence-corrected chi connectivity index (χ3v) is 8.53. The molecule has 0 saturated heterocycles. The van der Waals surface area contributed by atoms with E-state index >= 15 is 0 Å². The first kappa shape index (κ1) is 25.6. The van der Waals surface area contributed by atoms with E-state index in [2.05, 4.69) is 0 Å². The molecule has 0 unspecified atom stereocenters. The number of unbranched alkanes of at least 4 members (excludes halogenated alkanes) is 1. The maximum atomic E-state index is 13.7.